The largest absolute Gasteiger partial charge is 0.481 e. The lowest BCUT2D eigenvalue weighted by Gasteiger charge is -1.95. The number of carboxylic acids is 2. The number of hydrogen-bond donors (Lipinski definition) is 2. The second-order valence-corrected chi connectivity index (χ2v) is 2.68. The number of aliphatic carboxylic acids is 2. The van der Waals surface area contributed by atoms with Gasteiger partial charge >= 0.3 is 11.9 Å². The molecule has 66 valence electrons. The third kappa shape index (κ3) is 2.69. The molecule has 0 atom stereocenters. The van der Waals surface area contributed by atoms with Crippen LogP contribution in [0.15, 0.2) is 4.99 Å². The minimum Gasteiger partial charge on any atom is -0.481 e. The molecule has 0 aromatic heterocycles. The highest BCUT2D eigenvalue weighted by Gasteiger charge is 2.24. The first-order valence-corrected chi connectivity index (χ1v) is 3.61. The van der Waals surface area contributed by atoms with Gasteiger partial charge in [0.2, 0.25) is 0 Å². The Labute approximate surface area is 68.7 Å². The van der Waals surface area contributed by atoms with E-state index in [2.05, 4.69) is 4.99 Å². The highest BCUT2D eigenvalue weighted by Crippen LogP contribution is 2.23. The number of carboxylic acid groups (broad SMARTS) is 2. The van der Waals surface area contributed by atoms with E-state index in [1.54, 1.807) is 0 Å². The Balaban J connectivity index is 2.59. The minimum absolute atomic E-state index is 0.0513. The lowest BCUT2D eigenvalue weighted by atomic mass is 10.3. The van der Waals surface area contributed by atoms with Crippen LogP contribution in [0.2, 0.25) is 0 Å². The summed E-state index contributed by atoms with van der Waals surface area (Å²) in [4.78, 5) is 24.3. The van der Waals surface area contributed by atoms with Crippen molar-refractivity contribution in [3.05, 3.63) is 0 Å². The number of nitrogens with zero attached hydrogens (tertiary/aromatic N) is 1. The topological polar surface area (TPSA) is 87.0 Å². The van der Waals surface area contributed by atoms with Gasteiger partial charge in [-0.25, -0.2) is 4.79 Å². The molecule has 0 unspecified atom stereocenters. The van der Waals surface area contributed by atoms with Crippen LogP contribution in [-0.4, -0.2) is 33.9 Å². The molecular formula is C7H9NO4. The first-order chi connectivity index (χ1) is 5.59. The lowest BCUT2D eigenvalue weighted by Crippen LogP contribution is -2.18. The van der Waals surface area contributed by atoms with Gasteiger partial charge in [-0.2, -0.15) is 0 Å². The van der Waals surface area contributed by atoms with Gasteiger partial charge in [-0.15, -0.1) is 0 Å². The summed E-state index contributed by atoms with van der Waals surface area (Å²) in [5.41, 5.74) is -0.245. The van der Waals surface area contributed by atoms with Crippen molar-refractivity contribution in [2.45, 2.75) is 25.3 Å². The summed E-state index contributed by atoms with van der Waals surface area (Å²) in [5.74, 6) is -2.39. The molecule has 0 aliphatic heterocycles. The maximum absolute atomic E-state index is 10.4. The average molecular weight is 171 g/mol. The molecule has 1 aliphatic rings. The van der Waals surface area contributed by atoms with E-state index in [1.807, 2.05) is 0 Å². The van der Waals surface area contributed by atoms with Crippen LogP contribution in [0.25, 0.3) is 0 Å². The van der Waals surface area contributed by atoms with Crippen molar-refractivity contribution in [2.75, 3.05) is 0 Å². The highest BCUT2D eigenvalue weighted by atomic mass is 16.4. The number of carbonyl (C=O) groups is 2. The van der Waals surface area contributed by atoms with Gasteiger partial charge in [-0.1, -0.05) is 0 Å². The van der Waals surface area contributed by atoms with Crippen molar-refractivity contribution in [3.8, 4) is 0 Å². The van der Waals surface area contributed by atoms with Crippen molar-refractivity contribution < 1.29 is 19.8 Å². The molecule has 0 aromatic carbocycles. The first kappa shape index (κ1) is 8.70. The van der Waals surface area contributed by atoms with Crippen LogP contribution < -0.4 is 0 Å². The molecule has 0 radical (unpaired) electrons. The summed E-state index contributed by atoms with van der Waals surface area (Å²) in [6.45, 7) is 0. The highest BCUT2D eigenvalue weighted by molar-refractivity contribution is 6.38. The van der Waals surface area contributed by atoms with E-state index in [-0.39, 0.29) is 11.8 Å². The Hall–Kier alpha value is -1.39. The quantitative estimate of drug-likeness (QED) is 0.589. The summed E-state index contributed by atoms with van der Waals surface area (Å²) >= 11 is 0. The standard InChI is InChI=1S/C7H9NO4/c9-6(10)3-5(7(11)12)8-4-1-2-4/h4H,1-3H2,(H,9,10)(H,11,12). The Bertz CT molecular complexity index is 242. The fourth-order valence-electron chi connectivity index (χ4n) is 0.744. The predicted octanol–water partition coefficient (Wildman–Crippen LogP) is 0.149. The van der Waals surface area contributed by atoms with Crippen LogP contribution in [0.4, 0.5) is 0 Å². The Morgan fingerprint density at radius 2 is 1.92 bits per heavy atom. The number of rotatable bonds is 4. The molecule has 0 aromatic rings. The third-order valence-corrected chi connectivity index (χ3v) is 1.45. The second-order valence-electron chi connectivity index (χ2n) is 2.68. The van der Waals surface area contributed by atoms with Gasteiger partial charge in [0, 0.05) is 0 Å². The van der Waals surface area contributed by atoms with E-state index in [4.69, 9.17) is 10.2 Å². The second kappa shape index (κ2) is 3.34. The fraction of sp³-hybridized carbons (Fsp3) is 0.571. The lowest BCUT2D eigenvalue weighted by molar-refractivity contribution is -0.137. The van der Waals surface area contributed by atoms with Crippen LogP contribution >= 0.6 is 0 Å². The normalized spacial score (nSPS) is 17.5. The van der Waals surface area contributed by atoms with Gasteiger partial charge in [0.25, 0.3) is 0 Å². The summed E-state index contributed by atoms with van der Waals surface area (Å²) in [5, 5.41) is 16.8. The van der Waals surface area contributed by atoms with Crippen LogP contribution in [0, 0.1) is 0 Å². The molecule has 0 bridgehead atoms. The molecule has 5 nitrogen and oxygen atoms in total. The van der Waals surface area contributed by atoms with Crippen LogP contribution in [-0.2, 0) is 9.59 Å². The molecule has 2 N–H and O–H groups in total. The monoisotopic (exact) mass is 171 g/mol. The molecule has 1 saturated carbocycles. The van der Waals surface area contributed by atoms with Gasteiger partial charge in [0.15, 0.2) is 0 Å². The Kier molecular flexibility index (Phi) is 2.42. The van der Waals surface area contributed by atoms with Gasteiger partial charge in [-0.05, 0) is 12.8 Å². The minimum atomic E-state index is -1.23. The predicted molar refractivity (Wildman–Crippen MR) is 40.3 cm³/mol. The van der Waals surface area contributed by atoms with E-state index in [1.165, 1.54) is 0 Å². The van der Waals surface area contributed by atoms with Gasteiger partial charge in [0.1, 0.15) is 5.71 Å². The van der Waals surface area contributed by atoms with Crippen LogP contribution in [0.1, 0.15) is 19.3 Å². The van der Waals surface area contributed by atoms with Crippen molar-refractivity contribution >= 4 is 17.7 Å². The van der Waals surface area contributed by atoms with Crippen molar-refractivity contribution in [1.29, 1.82) is 0 Å². The number of aliphatic imine (C=N–C) groups is 1. The van der Waals surface area contributed by atoms with Crippen LogP contribution in [0.5, 0.6) is 0 Å². The van der Waals surface area contributed by atoms with Gasteiger partial charge < -0.3 is 10.2 Å². The van der Waals surface area contributed by atoms with Gasteiger partial charge in [0.05, 0.1) is 12.5 Å². The fourth-order valence-corrected chi connectivity index (χ4v) is 0.744. The van der Waals surface area contributed by atoms with E-state index in [0.717, 1.165) is 12.8 Å². The van der Waals surface area contributed by atoms with Crippen molar-refractivity contribution in [2.24, 2.45) is 4.99 Å². The Morgan fingerprint density at radius 1 is 1.33 bits per heavy atom. The van der Waals surface area contributed by atoms with E-state index in [9.17, 15) is 9.59 Å². The van der Waals surface area contributed by atoms with E-state index >= 15 is 0 Å². The molecule has 1 rings (SSSR count). The maximum atomic E-state index is 10.4. The number of hydrogen-bond acceptors (Lipinski definition) is 3. The SMILES string of the molecule is O=C(O)CC(=NC1CC1)C(=O)O. The zero-order valence-electron chi connectivity index (χ0n) is 6.36. The average Bonchev–Trinajstić information content (AvgIpc) is 2.68. The zero-order chi connectivity index (χ0) is 9.14. The molecule has 1 fully saturated rings. The van der Waals surface area contributed by atoms with Crippen molar-refractivity contribution in [3.63, 3.8) is 0 Å². The summed E-state index contributed by atoms with van der Waals surface area (Å²) in [6.07, 6.45) is 1.25. The van der Waals surface area contributed by atoms with Crippen LogP contribution in [0.3, 0.4) is 0 Å². The molecule has 0 spiro atoms. The maximum Gasteiger partial charge on any atom is 0.350 e. The summed E-state index contributed by atoms with van der Waals surface area (Å²) < 4.78 is 0. The zero-order valence-corrected chi connectivity index (χ0v) is 6.36. The van der Waals surface area contributed by atoms with E-state index in [0.29, 0.717) is 0 Å². The first-order valence-electron chi connectivity index (χ1n) is 3.61. The van der Waals surface area contributed by atoms with Crippen molar-refractivity contribution in [1.82, 2.24) is 0 Å². The molecular weight excluding hydrogens is 162 g/mol. The molecule has 0 saturated heterocycles. The molecule has 0 amide bonds. The van der Waals surface area contributed by atoms with Gasteiger partial charge in [-0.3, -0.25) is 9.79 Å². The summed E-state index contributed by atoms with van der Waals surface area (Å²) in [7, 11) is 0. The van der Waals surface area contributed by atoms with E-state index < -0.39 is 18.4 Å². The summed E-state index contributed by atoms with van der Waals surface area (Å²) in [6, 6.07) is 0.0513. The Morgan fingerprint density at radius 3 is 2.25 bits per heavy atom. The smallest absolute Gasteiger partial charge is 0.350 e. The molecule has 1 aliphatic carbocycles. The molecule has 5 heteroatoms. The third-order valence-electron chi connectivity index (χ3n) is 1.45. The molecule has 12 heavy (non-hydrogen) atoms. The molecule has 0 heterocycles.